The molecule has 2 aromatic heterocycles. The molecular formula is C19H19N3O2S. The fourth-order valence-corrected chi connectivity index (χ4v) is 4.08. The summed E-state index contributed by atoms with van der Waals surface area (Å²) in [6.07, 6.45) is 5.65. The normalized spacial score (nSPS) is 15.6. The van der Waals surface area contributed by atoms with Crippen LogP contribution in [0.2, 0.25) is 0 Å². The maximum absolute atomic E-state index is 12.5. The third-order valence-corrected chi connectivity index (χ3v) is 5.52. The van der Waals surface area contributed by atoms with Crippen molar-refractivity contribution in [3.63, 3.8) is 0 Å². The van der Waals surface area contributed by atoms with Crippen LogP contribution in [-0.2, 0) is 11.2 Å². The van der Waals surface area contributed by atoms with Gasteiger partial charge in [0.2, 0.25) is 5.91 Å². The van der Waals surface area contributed by atoms with E-state index in [4.69, 9.17) is 0 Å². The zero-order chi connectivity index (χ0) is 17.2. The summed E-state index contributed by atoms with van der Waals surface area (Å²) < 4.78 is 1.94. The number of imidazole rings is 1. The van der Waals surface area contributed by atoms with Crippen LogP contribution in [0, 0.1) is 5.92 Å². The highest BCUT2D eigenvalue weighted by Gasteiger charge is 2.28. The summed E-state index contributed by atoms with van der Waals surface area (Å²) in [4.78, 5) is 32.3. The van der Waals surface area contributed by atoms with Gasteiger partial charge in [0.25, 0.3) is 0 Å². The van der Waals surface area contributed by atoms with Crippen LogP contribution in [0.5, 0.6) is 0 Å². The fourth-order valence-electron chi connectivity index (χ4n) is 3.36. The van der Waals surface area contributed by atoms with Crippen LogP contribution in [0.25, 0.3) is 4.96 Å². The van der Waals surface area contributed by atoms with Crippen LogP contribution in [-0.4, -0.2) is 39.1 Å². The zero-order valence-electron chi connectivity index (χ0n) is 13.8. The number of likely N-dealkylation sites (tertiary alicyclic amines) is 1. The van der Waals surface area contributed by atoms with Crippen LogP contribution >= 0.6 is 11.3 Å². The molecule has 6 heteroatoms. The molecule has 3 heterocycles. The van der Waals surface area contributed by atoms with Gasteiger partial charge in [0.05, 0.1) is 12.1 Å². The van der Waals surface area contributed by atoms with Gasteiger partial charge in [-0.2, -0.15) is 0 Å². The lowest BCUT2D eigenvalue weighted by atomic mass is 9.89. The number of hydrogen-bond acceptors (Lipinski definition) is 4. The monoisotopic (exact) mass is 353 g/mol. The molecule has 0 atom stereocenters. The Kier molecular flexibility index (Phi) is 4.36. The number of aromatic nitrogens is 2. The highest BCUT2D eigenvalue weighted by atomic mass is 32.1. The first-order valence-electron chi connectivity index (χ1n) is 8.49. The first-order chi connectivity index (χ1) is 12.2. The molecule has 0 aliphatic carbocycles. The second-order valence-corrected chi connectivity index (χ2v) is 7.26. The number of fused-ring (bicyclic) bond motifs is 1. The summed E-state index contributed by atoms with van der Waals surface area (Å²) in [5.41, 5.74) is 1.57. The lowest BCUT2D eigenvalue weighted by Crippen LogP contribution is -2.41. The molecule has 0 spiro atoms. The Balaban J connectivity index is 1.34. The minimum absolute atomic E-state index is 0.0180. The van der Waals surface area contributed by atoms with Crippen molar-refractivity contribution in [1.29, 1.82) is 0 Å². The average molecular weight is 353 g/mol. The number of piperidine rings is 1. The average Bonchev–Trinajstić information content (AvgIpc) is 3.23. The largest absolute Gasteiger partial charge is 0.342 e. The molecule has 1 saturated heterocycles. The summed E-state index contributed by atoms with van der Waals surface area (Å²) in [5.74, 6) is 0.308. The van der Waals surface area contributed by atoms with Crippen molar-refractivity contribution < 1.29 is 9.59 Å². The van der Waals surface area contributed by atoms with Crippen LogP contribution in [0.3, 0.4) is 0 Å². The second-order valence-electron chi connectivity index (χ2n) is 6.39. The van der Waals surface area contributed by atoms with Gasteiger partial charge in [0, 0.05) is 42.3 Å². The van der Waals surface area contributed by atoms with Gasteiger partial charge in [0.1, 0.15) is 0 Å². The Hall–Kier alpha value is -2.47. The minimum atomic E-state index is 0.0180. The molecule has 0 N–H and O–H groups in total. The molecule has 5 nitrogen and oxygen atoms in total. The Morgan fingerprint density at radius 2 is 1.92 bits per heavy atom. The predicted molar refractivity (Wildman–Crippen MR) is 96.8 cm³/mol. The number of hydrogen-bond donors (Lipinski definition) is 0. The molecular weight excluding hydrogens is 334 g/mol. The number of nitrogens with zero attached hydrogens (tertiary/aromatic N) is 3. The number of carbonyl (C=O) groups excluding carboxylic acids is 2. The van der Waals surface area contributed by atoms with Crippen molar-refractivity contribution in [3.8, 4) is 0 Å². The Bertz CT molecular complexity index is 863. The second kappa shape index (κ2) is 6.80. The van der Waals surface area contributed by atoms with Crippen molar-refractivity contribution in [1.82, 2.24) is 14.3 Å². The molecule has 0 saturated carbocycles. The molecule has 1 aliphatic heterocycles. The van der Waals surface area contributed by atoms with Gasteiger partial charge in [-0.1, -0.05) is 30.3 Å². The van der Waals surface area contributed by atoms with Crippen molar-refractivity contribution in [2.75, 3.05) is 13.1 Å². The van der Waals surface area contributed by atoms with Gasteiger partial charge in [-0.05, 0) is 12.8 Å². The van der Waals surface area contributed by atoms with E-state index in [1.165, 1.54) is 0 Å². The highest BCUT2D eigenvalue weighted by Crippen LogP contribution is 2.22. The minimum Gasteiger partial charge on any atom is -0.342 e. The Labute approximate surface area is 149 Å². The lowest BCUT2D eigenvalue weighted by Gasteiger charge is -2.31. The molecule has 1 aromatic carbocycles. The van der Waals surface area contributed by atoms with Gasteiger partial charge < -0.3 is 4.90 Å². The number of benzene rings is 1. The molecule has 4 rings (SSSR count). The Morgan fingerprint density at radius 3 is 2.64 bits per heavy atom. The molecule has 1 amide bonds. The van der Waals surface area contributed by atoms with E-state index >= 15 is 0 Å². The number of amides is 1. The van der Waals surface area contributed by atoms with Gasteiger partial charge in [0.15, 0.2) is 10.7 Å². The maximum atomic E-state index is 12.5. The van der Waals surface area contributed by atoms with Gasteiger partial charge in [-0.3, -0.25) is 14.0 Å². The molecule has 0 radical (unpaired) electrons. The van der Waals surface area contributed by atoms with Crippen molar-refractivity contribution in [3.05, 3.63) is 59.4 Å². The Morgan fingerprint density at radius 1 is 1.16 bits per heavy atom. The van der Waals surface area contributed by atoms with Crippen molar-refractivity contribution >= 4 is 28.0 Å². The number of thiazole rings is 1. The molecule has 1 aliphatic rings. The number of rotatable bonds is 4. The summed E-state index contributed by atoms with van der Waals surface area (Å²) >= 11 is 1.56. The van der Waals surface area contributed by atoms with Crippen LogP contribution < -0.4 is 0 Å². The number of Topliss-reactive ketones (excluding diaryl/α,β-unsaturated/α-hetero) is 1. The number of ketones is 1. The molecule has 128 valence electrons. The topological polar surface area (TPSA) is 54.7 Å². The van der Waals surface area contributed by atoms with Crippen molar-refractivity contribution in [2.24, 2.45) is 5.92 Å². The van der Waals surface area contributed by atoms with E-state index < -0.39 is 0 Å². The smallest absolute Gasteiger partial charge is 0.228 e. The van der Waals surface area contributed by atoms with E-state index in [9.17, 15) is 9.59 Å². The standard InChI is InChI=1S/C19H19N3O2S/c23-17(12-16-13-22-10-11-25-19(22)20-16)21-8-6-15(7-9-21)18(24)14-4-2-1-3-5-14/h1-5,10-11,13,15H,6-9,12H2. The molecule has 0 unspecified atom stereocenters. The third-order valence-electron chi connectivity index (χ3n) is 4.75. The van der Waals surface area contributed by atoms with Crippen LogP contribution in [0.15, 0.2) is 48.1 Å². The van der Waals surface area contributed by atoms with E-state index in [0.29, 0.717) is 19.5 Å². The molecule has 25 heavy (non-hydrogen) atoms. The van der Waals surface area contributed by atoms with E-state index in [2.05, 4.69) is 4.98 Å². The number of carbonyl (C=O) groups is 2. The van der Waals surface area contributed by atoms with E-state index in [1.54, 1.807) is 11.3 Å². The third kappa shape index (κ3) is 3.35. The van der Waals surface area contributed by atoms with E-state index in [0.717, 1.165) is 29.1 Å². The highest BCUT2D eigenvalue weighted by molar-refractivity contribution is 7.15. The van der Waals surface area contributed by atoms with Crippen LogP contribution in [0.1, 0.15) is 28.9 Å². The van der Waals surface area contributed by atoms with Crippen LogP contribution in [0.4, 0.5) is 0 Å². The molecule has 0 bridgehead atoms. The SMILES string of the molecule is O=C(c1ccccc1)C1CCN(C(=O)Cc2cn3ccsc3n2)CC1. The quantitative estimate of drug-likeness (QED) is 0.678. The summed E-state index contributed by atoms with van der Waals surface area (Å²) in [5, 5.41) is 1.97. The first kappa shape index (κ1) is 16.0. The summed E-state index contributed by atoms with van der Waals surface area (Å²) in [6.45, 7) is 1.29. The predicted octanol–water partition coefficient (Wildman–Crippen LogP) is 3.06. The van der Waals surface area contributed by atoms with E-state index in [-0.39, 0.29) is 17.6 Å². The maximum Gasteiger partial charge on any atom is 0.228 e. The van der Waals surface area contributed by atoms with Gasteiger partial charge in [-0.15, -0.1) is 11.3 Å². The lowest BCUT2D eigenvalue weighted by molar-refractivity contribution is -0.131. The summed E-state index contributed by atoms with van der Waals surface area (Å²) in [7, 11) is 0. The summed E-state index contributed by atoms with van der Waals surface area (Å²) in [6, 6.07) is 9.43. The van der Waals surface area contributed by atoms with Crippen molar-refractivity contribution in [2.45, 2.75) is 19.3 Å². The van der Waals surface area contributed by atoms with E-state index in [1.807, 2.05) is 57.4 Å². The molecule has 1 fully saturated rings. The zero-order valence-corrected chi connectivity index (χ0v) is 14.6. The fraction of sp³-hybridized carbons (Fsp3) is 0.316. The first-order valence-corrected chi connectivity index (χ1v) is 9.37. The van der Waals surface area contributed by atoms with Gasteiger partial charge in [-0.25, -0.2) is 4.98 Å². The molecule has 3 aromatic rings. The van der Waals surface area contributed by atoms with Gasteiger partial charge >= 0.3 is 0 Å².